The van der Waals surface area contributed by atoms with Crippen molar-refractivity contribution in [2.75, 3.05) is 6.54 Å². The number of rotatable bonds is 4. The van der Waals surface area contributed by atoms with Gasteiger partial charge >= 0.3 is 0 Å². The molecule has 0 bridgehead atoms. The molecule has 6 nitrogen and oxygen atoms in total. The average Bonchev–Trinajstić information content (AvgIpc) is 2.65. The first-order valence-electron chi connectivity index (χ1n) is 4.93. The summed E-state index contributed by atoms with van der Waals surface area (Å²) in [5, 5.41) is 6.14. The van der Waals surface area contributed by atoms with Crippen LogP contribution in [0.3, 0.4) is 0 Å². The van der Waals surface area contributed by atoms with Crippen molar-refractivity contribution in [3.63, 3.8) is 0 Å². The predicted molar refractivity (Wildman–Crippen MR) is 54.1 cm³/mol. The number of hydrogen-bond acceptors (Lipinski definition) is 5. The summed E-state index contributed by atoms with van der Waals surface area (Å²) in [5.74, 6) is 0.171. The molecule has 3 N–H and O–H groups in total. The Morgan fingerprint density at radius 2 is 2.27 bits per heavy atom. The zero-order chi connectivity index (χ0) is 11.4. The van der Waals surface area contributed by atoms with E-state index in [0.717, 1.165) is 0 Å². The van der Waals surface area contributed by atoms with E-state index in [9.17, 15) is 4.79 Å². The van der Waals surface area contributed by atoms with Gasteiger partial charge in [-0.1, -0.05) is 19.0 Å². The van der Waals surface area contributed by atoms with Crippen LogP contribution in [0.1, 0.15) is 43.3 Å². The molecule has 1 rings (SSSR count). The van der Waals surface area contributed by atoms with E-state index in [1.165, 1.54) is 0 Å². The van der Waals surface area contributed by atoms with Crippen LogP contribution in [0.25, 0.3) is 0 Å². The number of amides is 1. The van der Waals surface area contributed by atoms with Gasteiger partial charge in [0, 0.05) is 6.54 Å². The van der Waals surface area contributed by atoms with Crippen LogP contribution in [0.5, 0.6) is 0 Å². The Balaban J connectivity index is 2.76. The molecule has 0 spiro atoms. The molecule has 1 atom stereocenters. The summed E-state index contributed by atoms with van der Waals surface area (Å²) in [6.45, 7) is 6.24. The van der Waals surface area contributed by atoms with E-state index < -0.39 is 0 Å². The Labute approximate surface area is 88.2 Å². The van der Waals surface area contributed by atoms with Crippen molar-refractivity contribution in [1.29, 1.82) is 0 Å². The molecule has 0 fully saturated rings. The zero-order valence-corrected chi connectivity index (χ0v) is 9.15. The number of nitrogens with one attached hydrogen (secondary N) is 1. The summed E-state index contributed by atoms with van der Waals surface area (Å²) in [4.78, 5) is 15.2. The molecule has 0 radical (unpaired) electrons. The predicted octanol–water partition coefficient (Wildman–Crippen LogP) is 0.475. The second kappa shape index (κ2) is 4.88. The van der Waals surface area contributed by atoms with Gasteiger partial charge in [-0.15, -0.1) is 0 Å². The van der Waals surface area contributed by atoms with E-state index in [-0.39, 0.29) is 23.7 Å². The van der Waals surface area contributed by atoms with E-state index in [4.69, 9.17) is 10.3 Å². The maximum atomic E-state index is 11.3. The Morgan fingerprint density at radius 3 is 2.80 bits per heavy atom. The molecule has 0 saturated carbocycles. The Hall–Kier alpha value is -1.43. The molecule has 15 heavy (non-hydrogen) atoms. The minimum atomic E-state index is -0.344. The lowest BCUT2D eigenvalue weighted by Crippen LogP contribution is -2.24. The fourth-order valence-electron chi connectivity index (χ4n) is 0.988. The number of carbonyl (C=O) groups excluding carboxylic acids is 1. The molecule has 84 valence electrons. The highest BCUT2D eigenvalue weighted by Crippen LogP contribution is 2.16. The van der Waals surface area contributed by atoms with Gasteiger partial charge in [0.1, 0.15) is 0 Å². The van der Waals surface area contributed by atoms with Crippen molar-refractivity contribution in [1.82, 2.24) is 15.5 Å². The highest BCUT2D eigenvalue weighted by molar-refractivity contribution is 5.90. The van der Waals surface area contributed by atoms with E-state index in [1.54, 1.807) is 0 Å². The van der Waals surface area contributed by atoms with Crippen LogP contribution in [0.15, 0.2) is 4.52 Å². The SMILES string of the molecule is CCNC(=O)c1noc([C@H](N)C(C)C)n1. The summed E-state index contributed by atoms with van der Waals surface area (Å²) in [5.41, 5.74) is 5.80. The van der Waals surface area contributed by atoms with Crippen molar-refractivity contribution in [2.24, 2.45) is 11.7 Å². The number of hydrogen-bond donors (Lipinski definition) is 2. The van der Waals surface area contributed by atoms with Gasteiger partial charge in [0.25, 0.3) is 11.7 Å². The fraction of sp³-hybridized carbons (Fsp3) is 0.667. The van der Waals surface area contributed by atoms with Gasteiger partial charge in [0.05, 0.1) is 6.04 Å². The van der Waals surface area contributed by atoms with Crippen LogP contribution in [0, 0.1) is 5.92 Å². The molecule has 1 aromatic heterocycles. The minimum Gasteiger partial charge on any atom is -0.349 e. The topological polar surface area (TPSA) is 94.0 Å². The third-order valence-electron chi connectivity index (χ3n) is 1.99. The van der Waals surface area contributed by atoms with Crippen molar-refractivity contribution >= 4 is 5.91 Å². The van der Waals surface area contributed by atoms with E-state index >= 15 is 0 Å². The highest BCUT2D eigenvalue weighted by Gasteiger charge is 2.20. The molecular weight excluding hydrogens is 196 g/mol. The van der Waals surface area contributed by atoms with Gasteiger partial charge in [-0.2, -0.15) is 4.98 Å². The number of nitrogens with two attached hydrogens (primary N) is 1. The summed E-state index contributed by atoms with van der Waals surface area (Å²) in [7, 11) is 0. The van der Waals surface area contributed by atoms with Gasteiger partial charge in [-0.25, -0.2) is 0 Å². The van der Waals surface area contributed by atoms with E-state index in [1.807, 2.05) is 20.8 Å². The quantitative estimate of drug-likeness (QED) is 0.756. The largest absolute Gasteiger partial charge is 0.349 e. The summed E-state index contributed by atoms with van der Waals surface area (Å²) in [6, 6.07) is -0.333. The van der Waals surface area contributed by atoms with Crippen LogP contribution in [0.2, 0.25) is 0 Å². The molecule has 0 aromatic carbocycles. The number of carbonyl (C=O) groups is 1. The number of nitrogens with zero attached hydrogens (tertiary/aromatic N) is 2. The fourth-order valence-corrected chi connectivity index (χ4v) is 0.988. The smallest absolute Gasteiger partial charge is 0.292 e. The van der Waals surface area contributed by atoms with Gasteiger partial charge in [-0.3, -0.25) is 4.79 Å². The normalized spacial score (nSPS) is 12.9. The molecule has 1 amide bonds. The summed E-state index contributed by atoms with van der Waals surface area (Å²) >= 11 is 0. The molecule has 0 saturated heterocycles. The molecule has 0 aliphatic carbocycles. The van der Waals surface area contributed by atoms with Crippen molar-refractivity contribution in [2.45, 2.75) is 26.8 Å². The zero-order valence-electron chi connectivity index (χ0n) is 9.15. The first-order valence-corrected chi connectivity index (χ1v) is 4.93. The number of aromatic nitrogens is 2. The molecular formula is C9H16N4O2. The summed E-state index contributed by atoms with van der Waals surface area (Å²) < 4.78 is 4.91. The minimum absolute atomic E-state index is 0.0305. The average molecular weight is 212 g/mol. The Morgan fingerprint density at radius 1 is 1.60 bits per heavy atom. The lowest BCUT2D eigenvalue weighted by molar-refractivity contribution is 0.0942. The Bertz CT molecular complexity index is 335. The standard InChI is InChI=1S/C9H16N4O2/c1-4-11-8(14)7-12-9(15-13-7)6(10)5(2)3/h5-6H,4,10H2,1-3H3,(H,11,14)/t6-/m1/s1. The van der Waals surface area contributed by atoms with Crippen LogP contribution in [-0.4, -0.2) is 22.6 Å². The van der Waals surface area contributed by atoms with Crippen LogP contribution >= 0.6 is 0 Å². The van der Waals surface area contributed by atoms with Crippen LogP contribution in [-0.2, 0) is 0 Å². The first kappa shape index (κ1) is 11.6. The molecule has 1 aromatic rings. The maximum Gasteiger partial charge on any atom is 0.292 e. The van der Waals surface area contributed by atoms with Crippen molar-refractivity contribution in [3.8, 4) is 0 Å². The second-order valence-electron chi connectivity index (χ2n) is 3.59. The monoisotopic (exact) mass is 212 g/mol. The molecule has 0 aliphatic rings. The lowest BCUT2D eigenvalue weighted by atomic mass is 10.1. The van der Waals surface area contributed by atoms with Gasteiger partial charge in [0.2, 0.25) is 5.89 Å². The second-order valence-corrected chi connectivity index (χ2v) is 3.59. The van der Waals surface area contributed by atoms with Gasteiger partial charge in [-0.05, 0) is 12.8 Å². The van der Waals surface area contributed by atoms with E-state index in [2.05, 4.69) is 15.5 Å². The van der Waals surface area contributed by atoms with Crippen LogP contribution < -0.4 is 11.1 Å². The third-order valence-corrected chi connectivity index (χ3v) is 1.99. The third kappa shape index (κ3) is 2.76. The highest BCUT2D eigenvalue weighted by atomic mass is 16.5. The Kier molecular flexibility index (Phi) is 3.79. The molecule has 0 unspecified atom stereocenters. The summed E-state index contributed by atoms with van der Waals surface area (Å²) in [6.07, 6.45) is 0. The van der Waals surface area contributed by atoms with Crippen LogP contribution in [0.4, 0.5) is 0 Å². The van der Waals surface area contributed by atoms with Gasteiger partial charge in [0.15, 0.2) is 0 Å². The molecule has 6 heteroatoms. The van der Waals surface area contributed by atoms with Crippen molar-refractivity contribution in [3.05, 3.63) is 11.7 Å². The lowest BCUT2D eigenvalue weighted by Gasteiger charge is -2.09. The molecule has 0 aliphatic heterocycles. The van der Waals surface area contributed by atoms with Crippen molar-refractivity contribution < 1.29 is 9.32 Å². The van der Waals surface area contributed by atoms with E-state index in [0.29, 0.717) is 12.4 Å². The maximum absolute atomic E-state index is 11.3. The van der Waals surface area contributed by atoms with Gasteiger partial charge < -0.3 is 15.6 Å². The first-order chi connectivity index (χ1) is 7.06. The molecule has 1 heterocycles.